The highest BCUT2D eigenvalue weighted by Crippen LogP contribution is 2.27. The van der Waals surface area contributed by atoms with E-state index in [1.807, 2.05) is 16.6 Å². The van der Waals surface area contributed by atoms with E-state index in [4.69, 9.17) is 4.98 Å². The van der Waals surface area contributed by atoms with E-state index in [1.54, 1.807) is 11.3 Å². The number of halogens is 1. The molecule has 0 atom stereocenters. The molecular formula is C15H16BrN3S. The van der Waals surface area contributed by atoms with E-state index < -0.39 is 0 Å². The summed E-state index contributed by atoms with van der Waals surface area (Å²) < 4.78 is 3.06. The summed E-state index contributed by atoms with van der Waals surface area (Å²) in [5.41, 5.74) is 3.28. The number of nitrogens with zero attached hydrogens (tertiary/aromatic N) is 3. The van der Waals surface area contributed by atoms with Crippen LogP contribution in [0.4, 0.5) is 0 Å². The summed E-state index contributed by atoms with van der Waals surface area (Å²) >= 11 is 5.16. The second kappa shape index (κ2) is 5.66. The minimum atomic E-state index is 0.992. The fraction of sp³-hybridized carbons (Fsp3) is 0.333. The lowest BCUT2D eigenvalue weighted by Gasteiger charge is -1.99. The summed E-state index contributed by atoms with van der Waals surface area (Å²) in [7, 11) is 0. The Morgan fingerprint density at radius 3 is 2.65 bits per heavy atom. The lowest BCUT2D eigenvalue weighted by atomic mass is 10.1. The summed E-state index contributed by atoms with van der Waals surface area (Å²) in [6, 6.07) is 8.26. The van der Waals surface area contributed by atoms with E-state index in [0.29, 0.717) is 0 Å². The van der Waals surface area contributed by atoms with Gasteiger partial charge >= 0.3 is 0 Å². The van der Waals surface area contributed by atoms with E-state index in [1.165, 1.54) is 17.8 Å². The summed E-state index contributed by atoms with van der Waals surface area (Å²) in [6.45, 7) is 4.29. The first-order chi connectivity index (χ1) is 9.69. The van der Waals surface area contributed by atoms with Crippen LogP contribution in [0.1, 0.15) is 30.5 Å². The van der Waals surface area contributed by atoms with Crippen molar-refractivity contribution in [2.75, 3.05) is 0 Å². The SMILES string of the molecule is CCCCc1nn2c(C)c(-c3ccc(Br)cc3)nc2s1. The Morgan fingerprint density at radius 2 is 2.00 bits per heavy atom. The van der Waals surface area contributed by atoms with Gasteiger partial charge in [0.1, 0.15) is 5.01 Å². The Kier molecular flexibility index (Phi) is 3.89. The van der Waals surface area contributed by atoms with Gasteiger partial charge in [-0.2, -0.15) is 5.10 Å². The van der Waals surface area contributed by atoms with Crippen LogP contribution in [-0.4, -0.2) is 14.6 Å². The maximum absolute atomic E-state index is 4.74. The smallest absolute Gasteiger partial charge is 0.212 e. The third kappa shape index (κ3) is 2.52. The monoisotopic (exact) mass is 349 g/mol. The fourth-order valence-electron chi connectivity index (χ4n) is 2.20. The van der Waals surface area contributed by atoms with Crippen LogP contribution >= 0.6 is 27.3 Å². The molecule has 5 heteroatoms. The zero-order valence-corrected chi connectivity index (χ0v) is 14.0. The molecule has 0 aliphatic rings. The van der Waals surface area contributed by atoms with Gasteiger partial charge in [0.25, 0.3) is 0 Å². The number of imidazole rings is 1. The van der Waals surface area contributed by atoms with Crippen LogP contribution in [0.25, 0.3) is 16.2 Å². The molecule has 0 N–H and O–H groups in total. The number of aromatic nitrogens is 3. The van der Waals surface area contributed by atoms with Crippen molar-refractivity contribution in [1.29, 1.82) is 0 Å². The van der Waals surface area contributed by atoms with E-state index in [-0.39, 0.29) is 0 Å². The lowest BCUT2D eigenvalue weighted by molar-refractivity contribution is 0.766. The Labute approximate surface area is 130 Å². The average molecular weight is 350 g/mol. The van der Waals surface area contributed by atoms with Crippen molar-refractivity contribution in [3.63, 3.8) is 0 Å². The van der Waals surface area contributed by atoms with Crippen molar-refractivity contribution < 1.29 is 0 Å². The lowest BCUT2D eigenvalue weighted by Crippen LogP contribution is -1.91. The zero-order valence-electron chi connectivity index (χ0n) is 11.6. The van der Waals surface area contributed by atoms with Crippen LogP contribution in [0.15, 0.2) is 28.7 Å². The van der Waals surface area contributed by atoms with Gasteiger partial charge in [-0.1, -0.05) is 52.7 Å². The highest BCUT2D eigenvalue weighted by Gasteiger charge is 2.14. The third-order valence-corrected chi connectivity index (χ3v) is 4.83. The zero-order chi connectivity index (χ0) is 14.1. The highest BCUT2D eigenvalue weighted by atomic mass is 79.9. The number of aryl methyl sites for hydroxylation is 2. The second-order valence-corrected chi connectivity index (χ2v) is 6.80. The summed E-state index contributed by atoms with van der Waals surface area (Å²) in [5.74, 6) is 0. The van der Waals surface area contributed by atoms with Crippen LogP contribution in [0.2, 0.25) is 0 Å². The van der Waals surface area contributed by atoms with Gasteiger partial charge in [-0.25, -0.2) is 9.50 Å². The molecule has 3 aromatic rings. The molecule has 3 rings (SSSR count). The van der Waals surface area contributed by atoms with Crippen LogP contribution in [0.5, 0.6) is 0 Å². The van der Waals surface area contributed by atoms with Crippen molar-refractivity contribution in [2.45, 2.75) is 33.1 Å². The first-order valence-electron chi connectivity index (χ1n) is 6.80. The molecule has 2 heterocycles. The van der Waals surface area contributed by atoms with Crippen LogP contribution in [0.3, 0.4) is 0 Å². The molecule has 0 saturated carbocycles. The molecule has 3 nitrogen and oxygen atoms in total. The van der Waals surface area contributed by atoms with Gasteiger partial charge in [0, 0.05) is 16.5 Å². The van der Waals surface area contributed by atoms with Crippen molar-refractivity contribution in [3.05, 3.63) is 39.4 Å². The van der Waals surface area contributed by atoms with Gasteiger partial charge < -0.3 is 0 Å². The number of rotatable bonds is 4. The van der Waals surface area contributed by atoms with E-state index in [2.05, 4.69) is 47.0 Å². The molecule has 0 spiro atoms. The van der Waals surface area contributed by atoms with Crippen LogP contribution in [0, 0.1) is 6.92 Å². The number of benzene rings is 1. The van der Waals surface area contributed by atoms with Gasteiger partial charge in [0.2, 0.25) is 4.96 Å². The van der Waals surface area contributed by atoms with Crippen LogP contribution in [-0.2, 0) is 6.42 Å². The Bertz CT molecular complexity index is 727. The van der Waals surface area contributed by atoms with Crippen LogP contribution < -0.4 is 0 Å². The quantitative estimate of drug-likeness (QED) is 0.672. The average Bonchev–Trinajstić information content (AvgIpc) is 2.97. The molecule has 20 heavy (non-hydrogen) atoms. The van der Waals surface area contributed by atoms with E-state index in [9.17, 15) is 0 Å². The molecule has 0 unspecified atom stereocenters. The standard InChI is InChI=1S/C15H16BrN3S/c1-3-4-5-13-18-19-10(2)14(17-15(19)20-13)11-6-8-12(16)9-7-11/h6-9H,3-5H2,1-2H3. The second-order valence-electron chi connectivity index (χ2n) is 4.85. The molecule has 0 fully saturated rings. The number of hydrogen-bond donors (Lipinski definition) is 0. The van der Waals surface area contributed by atoms with Crippen molar-refractivity contribution in [1.82, 2.24) is 14.6 Å². The van der Waals surface area contributed by atoms with Gasteiger partial charge in [0.05, 0.1) is 11.4 Å². The van der Waals surface area contributed by atoms with E-state index >= 15 is 0 Å². The maximum Gasteiger partial charge on any atom is 0.212 e. The first kappa shape index (κ1) is 13.8. The molecule has 0 aliphatic heterocycles. The summed E-state index contributed by atoms with van der Waals surface area (Å²) in [5, 5.41) is 5.86. The Morgan fingerprint density at radius 1 is 1.25 bits per heavy atom. The molecule has 0 amide bonds. The highest BCUT2D eigenvalue weighted by molar-refractivity contribution is 9.10. The van der Waals surface area contributed by atoms with Gasteiger partial charge in [-0.15, -0.1) is 0 Å². The summed E-state index contributed by atoms with van der Waals surface area (Å²) in [4.78, 5) is 5.74. The molecule has 1 aromatic carbocycles. The molecule has 2 aromatic heterocycles. The number of fused-ring (bicyclic) bond motifs is 1. The number of hydrogen-bond acceptors (Lipinski definition) is 3. The van der Waals surface area contributed by atoms with Crippen molar-refractivity contribution >= 4 is 32.2 Å². The van der Waals surface area contributed by atoms with Gasteiger partial charge in [-0.3, -0.25) is 0 Å². The van der Waals surface area contributed by atoms with Gasteiger partial charge in [-0.05, 0) is 25.5 Å². The van der Waals surface area contributed by atoms with E-state index in [0.717, 1.165) is 32.8 Å². The normalized spacial score (nSPS) is 11.3. The third-order valence-electron chi connectivity index (χ3n) is 3.33. The molecule has 0 aliphatic carbocycles. The molecule has 0 bridgehead atoms. The van der Waals surface area contributed by atoms with Crippen molar-refractivity contribution in [2.24, 2.45) is 0 Å². The first-order valence-corrected chi connectivity index (χ1v) is 8.41. The molecular weight excluding hydrogens is 334 g/mol. The fourth-order valence-corrected chi connectivity index (χ4v) is 3.44. The van der Waals surface area contributed by atoms with Gasteiger partial charge in [0.15, 0.2) is 0 Å². The maximum atomic E-state index is 4.74. The Hall–Kier alpha value is -1.20. The summed E-state index contributed by atoms with van der Waals surface area (Å²) in [6.07, 6.45) is 3.44. The number of unbranched alkanes of at least 4 members (excludes halogenated alkanes) is 1. The van der Waals surface area contributed by atoms with Crippen molar-refractivity contribution in [3.8, 4) is 11.3 Å². The predicted molar refractivity (Wildman–Crippen MR) is 87.3 cm³/mol. The minimum absolute atomic E-state index is 0.992. The predicted octanol–water partition coefficient (Wildman–Crippen LogP) is 4.87. The molecule has 0 saturated heterocycles. The minimum Gasteiger partial charge on any atom is -0.217 e. The largest absolute Gasteiger partial charge is 0.217 e. The Balaban J connectivity index is 1.99. The molecule has 0 radical (unpaired) electrons. The molecule has 104 valence electrons. The topological polar surface area (TPSA) is 30.2 Å².